The predicted molar refractivity (Wildman–Crippen MR) is 56.0 cm³/mol. The van der Waals surface area contributed by atoms with E-state index in [9.17, 15) is 8.53 Å². The average Bonchev–Trinajstić information content (AvgIpc) is 2.05. The van der Waals surface area contributed by atoms with Crippen molar-refractivity contribution >= 4 is 30.1 Å². The van der Waals surface area contributed by atoms with Crippen molar-refractivity contribution in [2.75, 3.05) is 5.32 Å². The molecule has 0 aliphatic rings. The molecule has 0 saturated carbocycles. The van der Waals surface area contributed by atoms with Gasteiger partial charge in [-0.05, 0) is 0 Å². The zero-order valence-corrected chi connectivity index (χ0v) is 10.3. The second-order valence-corrected chi connectivity index (χ2v) is 6.59. The van der Waals surface area contributed by atoms with Crippen molar-refractivity contribution in [2.24, 2.45) is 0 Å². The first-order valence-corrected chi connectivity index (χ1v) is 7.63. The molecule has 0 unspecified atom stereocenters. The minimum atomic E-state index is -4.82. The number of rotatable bonds is 2. The topological polar surface area (TPSA) is 86.6 Å². The van der Waals surface area contributed by atoms with Gasteiger partial charge in [-0.2, -0.15) is 0 Å². The van der Waals surface area contributed by atoms with Crippen LogP contribution >= 0.6 is 0 Å². The number of nitrogens with one attached hydrogen (secondary N) is 1. The first-order chi connectivity index (χ1) is 6.80. The van der Waals surface area contributed by atoms with Gasteiger partial charge >= 0.3 is 89.8 Å². The Morgan fingerprint density at radius 1 is 1.40 bits per heavy atom. The Labute approximate surface area is 90.1 Å². The van der Waals surface area contributed by atoms with Crippen LogP contribution in [0, 0.1) is 6.92 Å². The van der Waals surface area contributed by atoms with E-state index in [0.29, 0.717) is 11.3 Å². The molecule has 15 heavy (non-hydrogen) atoms. The molecule has 0 spiro atoms. The molecule has 0 saturated heterocycles. The Hall–Kier alpha value is -1.03. The fraction of sp³-hybridized carbons (Fsp3) is 0.222. The summed E-state index contributed by atoms with van der Waals surface area (Å²) >= 11 is -4.82. The maximum atomic E-state index is 11.0. The van der Waals surface area contributed by atoms with Crippen molar-refractivity contribution in [2.45, 2.75) is 13.8 Å². The van der Waals surface area contributed by atoms with Crippen LogP contribution in [-0.2, 0) is 8.53 Å². The summed E-state index contributed by atoms with van der Waals surface area (Å²) in [5.74, 6) is -0.215. The van der Waals surface area contributed by atoms with Crippen LogP contribution in [0.1, 0.15) is 12.5 Å². The van der Waals surface area contributed by atoms with Crippen LogP contribution in [0.15, 0.2) is 18.2 Å². The molecule has 5 nitrogen and oxygen atoms in total. The van der Waals surface area contributed by atoms with Gasteiger partial charge in [0.15, 0.2) is 0 Å². The molecule has 1 amide bonds. The van der Waals surface area contributed by atoms with E-state index in [1.54, 1.807) is 6.92 Å². The Morgan fingerprint density at radius 2 is 2.00 bits per heavy atom. The first-order valence-electron chi connectivity index (χ1n) is 4.25. The van der Waals surface area contributed by atoms with E-state index in [1.807, 2.05) is 0 Å². The summed E-state index contributed by atoms with van der Waals surface area (Å²) in [6.45, 7) is 3.06. The molecule has 0 heterocycles. The third kappa shape index (κ3) is 3.23. The normalized spacial score (nSPS) is 11.2. The van der Waals surface area contributed by atoms with Gasteiger partial charge in [-0.25, -0.2) is 0 Å². The molecule has 0 aliphatic heterocycles. The molecule has 1 aromatic rings. The summed E-state index contributed by atoms with van der Waals surface area (Å²) in [6.07, 6.45) is 0. The van der Waals surface area contributed by atoms with Gasteiger partial charge in [-0.1, -0.05) is 0 Å². The number of carbonyl (C=O) groups excluding carboxylic acids is 1. The third-order valence-electron chi connectivity index (χ3n) is 1.86. The molecule has 3 N–H and O–H groups in total. The van der Waals surface area contributed by atoms with Gasteiger partial charge in [0, 0.05) is 0 Å². The van der Waals surface area contributed by atoms with Crippen LogP contribution < -0.4 is 9.67 Å². The summed E-state index contributed by atoms with van der Waals surface area (Å²) < 4.78 is 28.9. The standard InChI is InChI=1S/C9H12AsNO4/c1-6-5-8(10(13,14)15)3-4-9(6)11-7(2)12/h3-5H,1-2H3,(H,11,12)(H2,13,14,15). The fourth-order valence-corrected chi connectivity index (χ4v) is 2.48. The molecular formula is C9H12AsNO4. The molecule has 0 bridgehead atoms. The van der Waals surface area contributed by atoms with Gasteiger partial charge in [0.2, 0.25) is 0 Å². The molecule has 0 radical (unpaired) electrons. The van der Waals surface area contributed by atoms with Crippen LogP contribution in [0.25, 0.3) is 0 Å². The van der Waals surface area contributed by atoms with E-state index in [0.717, 1.165) is 0 Å². The quantitative estimate of drug-likeness (QED) is 0.635. The predicted octanol–water partition coefficient (Wildman–Crippen LogP) is -0.486. The zero-order valence-electron chi connectivity index (χ0n) is 8.39. The van der Waals surface area contributed by atoms with E-state index in [4.69, 9.17) is 8.19 Å². The number of aryl methyl sites for hydroxylation is 1. The summed E-state index contributed by atoms with van der Waals surface area (Å²) in [5, 5.41) is 2.57. The van der Waals surface area contributed by atoms with Crippen molar-refractivity contribution in [3.8, 4) is 0 Å². The van der Waals surface area contributed by atoms with Gasteiger partial charge in [0.1, 0.15) is 0 Å². The second-order valence-electron chi connectivity index (χ2n) is 3.22. The van der Waals surface area contributed by atoms with E-state index < -0.39 is 14.2 Å². The summed E-state index contributed by atoms with van der Waals surface area (Å²) in [5.41, 5.74) is 1.20. The van der Waals surface area contributed by atoms with Crippen LogP contribution in [0.3, 0.4) is 0 Å². The van der Waals surface area contributed by atoms with Gasteiger partial charge in [0.25, 0.3) is 0 Å². The summed E-state index contributed by atoms with van der Waals surface area (Å²) in [6, 6.07) is 4.22. The van der Waals surface area contributed by atoms with Crippen LogP contribution in [0.2, 0.25) is 0 Å². The molecule has 1 rings (SSSR count). The number of hydrogen-bond acceptors (Lipinski definition) is 2. The molecule has 1 aromatic carbocycles. The molecule has 0 fully saturated rings. The molecular weight excluding hydrogens is 261 g/mol. The SMILES string of the molecule is CC(=O)Nc1ccc([As](=O)(O)O)cc1C. The van der Waals surface area contributed by atoms with Gasteiger partial charge in [-0.3, -0.25) is 0 Å². The van der Waals surface area contributed by atoms with Crippen LogP contribution in [0.4, 0.5) is 5.69 Å². The molecule has 0 atom stereocenters. The first kappa shape index (κ1) is 12.0. The molecule has 0 aromatic heterocycles. The zero-order chi connectivity index (χ0) is 11.6. The van der Waals surface area contributed by atoms with E-state index in [1.165, 1.54) is 25.1 Å². The van der Waals surface area contributed by atoms with E-state index in [2.05, 4.69) is 5.32 Å². The number of carbonyl (C=O) groups is 1. The second kappa shape index (κ2) is 4.23. The van der Waals surface area contributed by atoms with Crippen molar-refractivity contribution < 1.29 is 16.7 Å². The number of anilines is 1. The summed E-state index contributed by atoms with van der Waals surface area (Å²) in [4.78, 5) is 10.8. The minimum absolute atomic E-state index is 0.0136. The van der Waals surface area contributed by atoms with E-state index >= 15 is 0 Å². The maximum absolute atomic E-state index is 11.0. The number of benzene rings is 1. The molecule has 82 valence electrons. The molecule has 0 aliphatic carbocycles. The van der Waals surface area contributed by atoms with Gasteiger partial charge < -0.3 is 0 Å². The third-order valence-corrected chi connectivity index (χ3v) is 3.85. The van der Waals surface area contributed by atoms with E-state index in [-0.39, 0.29) is 10.3 Å². The van der Waals surface area contributed by atoms with Crippen molar-refractivity contribution in [3.63, 3.8) is 0 Å². The summed E-state index contributed by atoms with van der Waals surface area (Å²) in [7, 11) is 0. The van der Waals surface area contributed by atoms with Crippen LogP contribution in [-0.4, -0.2) is 28.3 Å². The average molecular weight is 273 g/mol. The van der Waals surface area contributed by atoms with Crippen LogP contribution in [0.5, 0.6) is 0 Å². The Bertz CT molecular complexity index is 438. The van der Waals surface area contributed by atoms with Gasteiger partial charge in [0.05, 0.1) is 0 Å². The Balaban J connectivity index is 3.09. The Kier molecular flexibility index (Phi) is 3.39. The Morgan fingerprint density at radius 3 is 2.40 bits per heavy atom. The van der Waals surface area contributed by atoms with Crippen molar-refractivity contribution in [3.05, 3.63) is 23.8 Å². The number of hydrogen-bond donors (Lipinski definition) is 3. The van der Waals surface area contributed by atoms with Crippen molar-refractivity contribution in [1.82, 2.24) is 0 Å². The number of amides is 1. The van der Waals surface area contributed by atoms with Gasteiger partial charge in [-0.15, -0.1) is 0 Å². The van der Waals surface area contributed by atoms with Crippen molar-refractivity contribution in [1.29, 1.82) is 0 Å². The monoisotopic (exact) mass is 273 g/mol. The fourth-order valence-electron chi connectivity index (χ4n) is 1.16. The molecule has 6 heteroatoms.